The first-order valence-electron chi connectivity index (χ1n) is 8.42. The summed E-state index contributed by atoms with van der Waals surface area (Å²) in [5.74, 6) is 0.137. The Labute approximate surface area is 133 Å². The molecule has 2 rings (SSSR count). The number of benzene rings is 1. The minimum absolute atomic E-state index is 0.116. The van der Waals surface area contributed by atoms with Gasteiger partial charge in [-0.3, -0.25) is 9.69 Å². The predicted octanol–water partition coefficient (Wildman–Crippen LogP) is 2.45. The van der Waals surface area contributed by atoms with Gasteiger partial charge in [0.1, 0.15) is 0 Å². The number of aliphatic hydroxyl groups is 1. The van der Waals surface area contributed by atoms with Gasteiger partial charge in [0.05, 0.1) is 6.10 Å². The lowest BCUT2D eigenvalue weighted by Crippen LogP contribution is -2.35. The van der Waals surface area contributed by atoms with Gasteiger partial charge in [-0.05, 0) is 30.4 Å². The third kappa shape index (κ3) is 5.78. The van der Waals surface area contributed by atoms with Crippen molar-refractivity contribution in [1.82, 2.24) is 10.2 Å². The third-order valence-electron chi connectivity index (χ3n) is 4.23. The quantitative estimate of drug-likeness (QED) is 0.813. The van der Waals surface area contributed by atoms with Crippen LogP contribution in [0, 0.1) is 0 Å². The molecule has 1 aromatic rings. The van der Waals surface area contributed by atoms with Gasteiger partial charge in [-0.25, -0.2) is 0 Å². The second-order valence-electron chi connectivity index (χ2n) is 6.20. The van der Waals surface area contributed by atoms with Gasteiger partial charge in [0.25, 0.3) is 0 Å². The third-order valence-corrected chi connectivity index (χ3v) is 4.23. The molecule has 122 valence electrons. The number of carbonyl (C=O) groups is 1. The van der Waals surface area contributed by atoms with Crippen molar-refractivity contribution < 1.29 is 9.90 Å². The summed E-state index contributed by atoms with van der Waals surface area (Å²) in [4.78, 5) is 14.0. The predicted molar refractivity (Wildman–Crippen MR) is 88.3 cm³/mol. The van der Waals surface area contributed by atoms with E-state index in [1.807, 2.05) is 0 Å². The molecular formula is C18H28N2O2. The normalized spacial score (nSPS) is 16.6. The fourth-order valence-electron chi connectivity index (χ4n) is 2.72. The van der Waals surface area contributed by atoms with Crippen LogP contribution in [0.1, 0.15) is 50.2 Å². The number of aliphatic hydroxyl groups excluding tert-OH is 1. The average molecular weight is 304 g/mol. The highest BCUT2D eigenvalue weighted by atomic mass is 16.3. The van der Waals surface area contributed by atoms with Gasteiger partial charge < -0.3 is 10.4 Å². The Kier molecular flexibility index (Phi) is 6.87. The Morgan fingerprint density at radius 1 is 1.23 bits per heavy atom. The zero-order valence-electron chi connectivity index (χ0n) is 13.6. The van der Waals surface area contributed by atoms with Crippen molar-refractivity contribution in [2.24, 2.45) is 0 Å². The van der Waals surface area contributed by atoms with Crippen molar-refractivity contribution in [2.45, 2.75) is 58.2 Å². The molecule has 1 amide bonds. The molecule has 0 unspecified atom stereocenters. The van der Waals surface area contributed by atoms with E-state index >= 15 is 0 Å². The van der Waals surface area contributed by atoms with Crippen LogP contribution in [-0.4, -0.2) is 35.1 Å². The standard InChI is InChI=1S/C18H28N2O2/c1-2-3-4-18(22)19-13-15-5-7-16(8-6-15)14-20-11-9-17(21)10-12-20/h5-8,17,21H,2-4,9-14H2,1H3,(H,19,22). The van der Waals surface area contributed by atoms with E-state index in [0.717, 1.165) is 50.9 Å². The summed E-state index contributed by atoms with van der Waals surface area (Å²) in [5, 5.41) is 12.5. The Balaban J connectivity index is 1.74. The van der Waals surface area contributed by atoms with E-state index < -0.39 is 0 Å². The van der Waals surface area contributed by atoms with E-state index in [1.165, 1.54) is 5.56 Å². The molecule has 22 heavy (non-hydrogen) atoms. The molecule has 2 N–H and O–H groups in total. The number of amides is 1. The average Bonchev–Trinajstić information content (AvgIpc) is 2.54. The first-order valence-corrected chi connectivity index (χ1v) is 8.42. The summed E-state index contributed by atoms with van der Waals surface area (Å²) in [5.41, 5.74) is 2.43. The molecule has 0 atom stereocenters. The summed E-state index contributed by atoms with van der Waals surface area (Å²) in [7, 11) is 0. The Hall–Kier alpha value is -1.39. The lowest BCUT2D eigenvalue weighted by molar-refractivity contribution is -0.121. The van der Waals surface area contributed by atoms with Gasteiger partial charge in [0.15, 0.2) is 0 Å². The fourth-order valence-corrected chi connectivity index (χ4v) is 2.72. The number of hydrogen-bond donors (Lipinski definition) is 2. The summed E-state index contributed by atoms with van der Waals surface area (Å²) in [6, 6.07) is 8.46. The second kappa shape index (κ2) is 8.91. The van der Waals surface area contributed by atoms with Crippen LogP contribution in [0.15, 0.2) is 24.3 Å². The van der Waals surface area contributed by atoms with E-state index in [-0.39, 0.29) is 12.0 Å². The number of unbranched alkanes of at least 4 members (excludes halogenated alkanes) is 1. The van der Waals surface area contributed by atoms with Crippen molar-refractivity contribution in [2.75, 3.05) is 13.1 Å². The molecule has 1 fully saturated rings. The maximum absolute atomic E-state index is 11.6. The Bertz CT molecular complexity index is 451. The van der Waals surface area contributed by atoms with Crippen LogP contribution in [0.5, 0.6) is 0 Å². The highest BCUT2D eigenvalue weighted by Crippen LogP contribution is 2.14. The van der Waals surface area contributed by atoms with Crippen molar-refractivity contribution >= 4 is 5.91 Å². The topological polar surface area (TPSA) is 52.6 Å². The molecule has 1 heterocycles. The number of piperidine rings is 1. The maximum Gasteiger partial charge on any atom is 0.220 e. The summed E-state index contributed by atoms with van der Waals surface area (Å²) in [6.07, 6.45) is 4.26. The Morgan fingerprint density at radius 3 is 2.50 bits per heavy atom. The molecule has 0 aliphatic carbocycles. The zero-order chi connectivity index (χ0) is 15.8. The van der Waals surface area contributed by atoms with Gasteiger partial charge >= 0.3 is 0 Å². The molecule has 1 aliphatic rings. The SMILES string of the molecule is CCCCC(=O)NCc1ccc(CN2CCC(O)CC2)cc1. The molecule has 0 saturated carbocycles. The molecular weight excluding hydrogens is 276 g/mol. The summed E-state index contributed by atoms with van der Waals surface area (Å²) >= 11 is 0. The van der Waals surface area contributed by atoms with E-state index in [1.54, 1.807) is 0 Å². The molecule has 4 nitrogen and oxygen atoms in total. The van der Waals surface area contributed by atoms with E-state index in [4.69, 9.17) is 0 Å². The van der Waals surface area contributed by atoms with Crippen LogP contribution < -0.4 is 5.32 Å². The largest absolute Gasteiger partial charge is 0.393 e. The van der Waals surface area contributed by atoms with Gasteiger partial charge in [-0.1, -0.05) is 37.6 Å². The second-order valence-corrected chi connectivity index (χ2v) is 6.20. The van der Waals surface area contributed by atoms with Crippen molar-refractivity contribution in [3.05, 3.63) is 35.4 Å². The van der Waals surface area contributed by atoms with Gasteiger partial charge in [-0.15, -0.1) is 0 Å². The van der Waals surface area contributed by atoms with Gasteiger partial charge in [-0.2, -0.15) is 0 Å². The smallest absolute Gasteiger partial charge is 0.220 e. The van der Waals surface area contributed by atoms with Crippen LogP contribution in [0.4, 0.5) is 0 Å². The highest BCUT2D eigenvalue weighted by molar-refractivity contribution is 5.75. The monoisotopic (exact) mass is 304 g/mol. The molecule has 1 aliphatic heterocycles. The number of likely N-dealkylation sites (tertiary alicyclic amines) is 1. The number of carbonyl (C=O) groups excluding carboxylic acids is 1. The number of nitrogens with one attached hydrogen (secondary N) is 1. The maximum atomic E-state index is 11.6. The first-order chi connectivity index (χ1) is 10.7. The van der Waals surface area contributed by atoms with Crippen molar-refractivity contribution in [3.8, 4) is 0 Å². The molecule has 0 radical (unpaired) electrons. The number of nitrogens with zero attached hydrogens (tertiary/aromatic N) is 1. The number of hydrogen-bond acceptors (Lipinski definition) is 3. The van der Waals surface area contributed by atoms with Crippen molar-refractivity contribution in [1.29, 1.82) is 0 Å². The van der Waals surface area contributed by atoms with E-state index in [9.17, 15) is 9.90 Å². The fraction of sp³-hybridized carbons (Fsp3) is 0.611. The highest BCUT2D eigenvalue weighted by Gasteiger charge is 2.16. The Morgan fingerprint density at radius 2 is 1.86 bits per heavy atom. The molecule has 4 heteroatoms. The lowest BCUT2D eigenvalue weighted by atomic mass is 10.1. The van der Waals surface area contributed by atoms with Crippen LogP contribution in [0.25, 0.3) is 0 Å². The molecule has 0 aromatic heterocycles. The first kappa shape index (κ1) is 17.0. The number of rotatable bonds is 7. The lowest BCUT2D eigenvalue weighted by Gasteiger charge is -2.29. The van der Waals surface area contributed by atoms with Gasteiger partial charge in [0, 0.05) is 32.6 Å². The van der Waals surface area contributed by atoms with Crippen LogP contribution in [0.3, 0.4) is 0 Å². The minimum atomic E-state index is -0.116. The van der Waals surface area contributed by atoms with Crippen LogP contribution in [-0.2, 0) is 17.9 Å². The molecule has 0 bridgehead atoms. The van der Waals surface area contributed by atoms with Crippen molar-refractivity contribution in [3.63, 3.8) is 0 Å². The molecule has 1 saturated heterocycles. The minimum Gasteiger partial charge on any atom is -0.393 e. The van der Waals surface area contributed by atoms with E-state index in [0.29, 0.717) is 13.0 Å². The van der Waals surface area contributed by atoms with Gasteiger partial charge in [0.2, 0.25) is 5.91 Å². The molecule has 0 spiro atoms. The van der Waals surface area contributed by atoms with E-state index in [2.05, 4.69) is 41.4 Å². The zero-order valence-corrected chi connectivity index (χ0v) is 13.6. The summed E-state index contributed by atoms with van der Waals surface area (Å²) in [6.45, 7) is 5.58. The van der Waals surface area contributed by atoms with Crippen LogP contribution >= 0.6 is 0 Å². The van der Waals surface area contributed by atoms with Crippen LogP contribution in [0.2, 0.25) is 0 Å². The summed E-state index contributed by atoms with van der Waals surface area (Å²) < 4.78 is 0. The molecule has 1 aromatic carbocycles.